The van der Waals surface area contributed by atoms with E-state index in [9.17, 15) is 4.79 Å². The normalized spacial score (nSPS) is 10.1. The van der Waals surface area contributed by atoms with Gasteiger partial charge in [-0.3, -0.25) is 14.2 Å². The third-order valence-electron chi connectivity index (χ3n) is 0.881. The summed E-state index contributed by atoms with van der Waals surface area (Å²) in [5, 5.41) is 5.72. The lowest BCUT2D eigenvalue weighted by atomic mass is 10.6. The molecule has 15 heavy (non-hydrogen) atoms. The Morgan fingerprint density at radius 1 is 1.60 bits per heavy atom. The Bertz CT molecular complexity index is 421. The number of nitrogens with two attached hydrogens (primary N) is 1. The van der Waals surface area contributed by atoms with Crippen LogP contribution in [0, 0.1) is 0 Å². The first kappa shape index (κ1) is 13.3. The van der Waals surface area contributed by atoms with E-state index in [0.29, 0.717) is 0 Å². The van der Waals surface area contributed by atoms with Gasteiger partial charge >= 0.3 is 17.8 Å². The maximum atomic E-state index is 10.6. The van der Waals surface area contributed by atoms with Gasteiger partial charge in [0.25, 0.3) is 0 Å². The van der Waals surface area contributed by atoms with Crippen LogP contribution in [-0.2, 0) is 15.1 Å². The Hall–Kier alpha value is -1.72. The maximum absolute atomic E-state index is 10.6. The van der Waals surface area contributed by atoms with Crippen LogP contribution in [0.15, 0.2) is 0 Å². The highest BCUT2D eigenvalue weighted by molar-refractivity contribution is 7.79. The van der Waals surface area contributed by atoms with Gasteiger partial charge < -0.3 is 10.5 Å². The van der Waals surface area contributed by atoms with Crippen molar-refractivity contribution in [1.82, 2.24) is 15.2 Å². The Morgan fingerprint density at radius 2 is 2.07 bits per heavy atom. The van der Waals surface area contributed by atoms with Crippen molar-refractivity contribution < 1.29 is 28.5 Å². The van der Waals surface area contributed by atoms with Gasteiger partial charge in [0, 0.05) is 0 Å². The molecule has 0 radical (unpaired) electrons. The molecular weight excluding hydrogens is 232 g/mol. The summed E-state index contributed by atoms with van der Waals surface area (Å²) in [4.78, 5) is 14.1. The van der Waals surface area contributed by atoms with Crippen LogP contribution in [0.4, 0.5) is 5.95 Å². The highest BCUT2D eigenvalue weighted by atomic mass is 32.3. The number of H-pyrrole nitrogens is 1. The zero-order valence-corrected chi connectivity index (χ0v) is 8.22. The number of carbonyl (C=O) groups excluding carboxylic acids is 1. The predicted molar refractivity (Wildman–Crippen MR) is 47.4 cm³/mol. The number of carbonyl (C=O) groups is 1. The van der Waals surface area contributed by atoms with Gasteiger partial charge in [-0.05, 0) is 0 Å². The van der Waals surface area contributed by atoms with Crippen molar-refractivity contribution in [2.24, 2.45) is 0 Å². The van der Waals surface area contributed by atoms with E-state index >= 15 is 0 Å². The summed E-state index contributed by atoms with van der Waals surface area (Å²) in [5.74, 6) is -0.537. The average Bonchev–Trinajstić information content (AvgIpc) is 2.47. The Labute approximate surface area is 85.5 Å². The van der Waals surface area contributed by atoms with Gasteiger partial charge in [-0.15, -0.1) is 5.10 Å². The van der Waals surface area contributed by atoms with Crippen LogP contribution in [0.5, 0.6) is 0 Å². The molecule has 11 heteroatoms. The SMILES string of the molecule is COC(=O)c1nc(N)n[nH]1.O=S(=O)(O)O.[H+]. The molecule has 0 aliphatic carbocycles. The number of nitrogens with one attached hydrogen (secondary N) is 1. The summed E-state index contributed by atoms with van der Waals surface area (Å²) >= 11 is 0. The standard InChI is InChI=1S/C4H6N4O2.H2O4S/c1-10-3(9)2-6-4(5)8-7-2;1-5(2,3)4/h1H3,(H3,5,6,7,8);(H2,1,2,3,4)/p+1. The molecule has 10 nitrogen and oxygen atoms in total. The highest BCUT2D eigenvalue weighted by Gasteiger charge is 2.08. The minimum atomic E-state index is -4.67. The molecule has 0 saturated carbocycles. The van der Waals surface area contributed by atoms with Crippen molar-refractivity contribution in [3.8, 4) is 0 Å². The minimum Gasteiger partial charge on any atom is -0.463 e. The molecule has 0 atom stereocenters. The van der Waals surface area contributed by atoms with Crippen molar-refractivity contribution in [2.75, 3.05) is 12.8 Å². The van der Waals surface area contributed by atoms with E-state index in [-0.39, 0.29) is 13.2 Å². The first-order valence-corrected chi connectivity index (χ1v) is 4.60. The van der Waals surface area contributed by atoms with Crippen molar-refractivity contribution in [3.05, 3.63) is 5.82 Å². The van der Waals surface area contributed by atoms with Crippen LogP contribution in [0.3, 0.4) is 0 Å². The van der Waals surface area contributed by atoms with Gasteiger partial charge in [0.1, 0.15) is 0 Å². The fraction of sp³-hybridized carbons (Fsp3) is 0.250. The second kappa shape index (κ2) is 5.23. The lowest BCUT2D eigenvalue weighted by Crippen LogP contribution is -2.03. The van der Waals surface area contributed by atoms with Gasteiger partial charge in [0.2, 0.25) is 11.8 Å². The number of methoxy groups -OCH3 is 1. The van der Waals surface area contributed by atoms with Crippen LogP contribution < -0.4 is 5.73 Å². The number of aromatic amines is 1. The van der Waals surface area contributed by atoms with Crippen LogP contribution in [0.2, 0.25) is 0 Å². The summed E-state index contributed by atoms with van der Waals surface area (Å²) in [6.07, 6.45) is 0. The van der Waals surface area contributed by atoms with Gasteiger partial charge in [0.05, 0.1) is 7.11 Å². The Kier molecular flexibility index (Phi) is 4.63. The van der Waals surface area contributed by atoms with E-state index < -0.39 is 16.4 Å². The van der Waals surface area contributed by atoms with Gasteiger partial charge in [-0.1, -0.05) is 0 Å². The molecule has 86 valence electrons. The van der Waals surface area contributed by atoms with E-state index in [1.54, 1.807) is 0 Å². The van der Waals surface area contributed by atoms with Crippen LogP contribution in [-0.4, -0.2) is 45.8 Å². The summed E-state index contributed by atoms with van der Waals surface area (Å²) in [6.45, 7) is 0. The summed E-state index contributed by atoms with van der Waals surface area (Å²) in [5.41, 5.74) is 5.11. The van der Waals surface area contributed by atoms with Crippen LogP contribution in [0.1, 0.15) is 12.0 Å². The molecule has 0 unspecified atom stereocenters. The minimum absolute atomic E-state index is 0. The number of hydrogen-bond donors (Lipinski definition) is 4. The monoisotopic (exact) mass is 241 g/mol. The Balaban J connectivity index is 0. The zero-order valence-electron chi connectivity index (χ0n) is 8.41. The lowest BCUT2D eigenvalue weighted by molar-refractivity contribution is 0.0587. The predicted octanol–water partition coefficient (Wildman–Crippen LogP) is -1.37. The van der Waals surface area contributed by atoms with Crippen LogP contribution in [0.25, 0.3) is 0 Å². The van der Waals surface area contributed by atoms with E-state index in [2.05, 4.69) is 19.9 Å². The van der Waals surface area contributed by atoms with Crippen molar-refractivity contribution >= 4 is 22.3 Å². The van der Waals surface area contributed by atoms with Gasteiger partial charge in [-0.2, -0.15) is 13.4 Å². The molecule has 0 amide bonds. The van der Waals surface area contributed by atoms with Crippen LogP contribution >= 0.6 is 0 Å². The summed E-state index contributed by atoms with van der Waals surface area (Å²) < 4.78 is 35.9. The van der Waals surface area contributed by atoms with E-state index in [0.717, 1.165) is 0 Å². The number of nitrogens with zero attached hydrogens (tertiary/aromatic N) is 2. The molecule has 0 aromatic carbocycles. The topological polar surface area (TPSA) is 168 Å². The second-order valence-corrected chi connectivity index (χ2v) is 2.88. The molecule has 0 fully saturated rings. The molecule has 1 aromatic rings. The number of hydrogen-bond acceptors (Lipinski definition) is 7. The third-order valence-corrected chi connectivity index (χ3v) is 0.881. The van der Waals surface area contributed by atoms with Gasteiger partial charge in [-0.25, -0.2) is 4.79 Å². The largest absolute Gasteiger partial charge is 1.00 e. The molecule has 1 aromatic heterocycles. The van der Waals surface area contributed by atoms with E-state index in [1.807, 2.05) is 0 Å². The average molecular weight is 241 g/mol. The number of esters is 1. The number of nitrogen functional groups attached to an aromatic ring is 1. The Morgan fingerprint density at radius 3 is 2.33 bits per heavy atom. The maximum Gasteiger partial charge on any atom is 1.00 e. The number of rotatable bonds is 1. The fourth-order valence-corrected chi connectivity index (χ4v) is 0.463. The summed E-state index contributed by atoms with van der Waals surface area (Å²) in [7, 11) is -3.42. The third kappa shape index (κ3) is 7.36. The van der Waals surface area contributed by atoms with Crippen molar-refractivity contribution in [3.63, 3.8) is 0 Å². The highest BCUT2D eigenvalue weighted by Crippen LogP contribution is 1.93. The first-order chi connectivity index (χ1) is 6.74. The molecule has 1 heterocycles. The fourth-order valence-electron chi connectivity index (χ4n) is 0.463. The second-order valence-electron chi connectivity index (χ2n) is 1.98. The first-order valence-electron chi connectivity index (χ1n) is 3.20. The zero-order chi connectivity index (χ0) is 12.1. The molecule has 0 spiro atoms. The number of anilines is 1. The molecule has 5 N–H and O–H groups in total. The smallest absolute Gasteiger partial charge is 0.463 e. The molecule has 0 aliphatic rings. The molecule has 0 aliphatic heterocycles. The molecule has 1 rings (SSSR count). The van der Waals surface area contributed by atoms with E-state index in [1.165, 1.54) is 7.11 Å². The number of ether oxygens (including phenoxy) is 1. The van der Waals surface area contributed by atoms with Gasteiger partial charge in [0.15, 0.2) is 0 Å². The summed E-state index contributed by atoms with van der Waals surface area (Å²) in [6, 6.07) is 0. The quantitative estimate of drug-likeness (QED) is 0.342. The molecular formula is C4H9N4O6S+. The molecule has 0 saturated heterocycles. The number of aromatic nitrogens is 3. The van der Waals surface area contributed by atoms with Crippen molar-refractivity contribution in [1.29, 1.82) is 0 Å². The van der Waals surface area contributed by atoms with Crippen molar-refractivity contribution in [2.45, 2.75) is 0 Å². The molecule has 0 bridgehead atoms. The lowest BCUT2D eigenvalue weighted by Gasteiger charge is -1.88. The van der Waals surface area contributed by atoms with E-state index in [4.69, 9.17) is 23.3 Å².